The number of amides is 1. The van der Waals surface area contributed by atoms with Crippen molar-refractivity contribution in [3.8, 4) is 0 Å². The van der Waals surface area contributed by atoms with E-state index in [4.69, 9.17) is 4.42 Å². The Labute approximate surface area is 141 Å². The van der Waals surface area contributed by atoms with E-state index in [0.717, 1.165) is 28.6 Å². The van der Waals surface area contributed by atoms with Crippen LogP contribution in [-0.2, 0) is 4.79 Å². The van der Waals surface area contributed by atoms with Crippen LogP contribution in [0.1, 0.15) is 37.1 Å². The average molecular weight is 382 g/mol. The van der Waals surface area contributed by atoms with Gasteiger partial charge in [-0.15, -0.1) is 10.2 Å². The first-order valence-corrected chi connectivity index (χ1v) is 8.77. The van der Waals surface area contributed by atoms with Crippen molar-refractivity contribution >= 4 is 39.3 Å². The number of benzene rings is 1. The first-order valence-electron chi connectivity index (χ1n) is 7.10. The molecule has 0 unspecified atom stereocenters. The van der Waals surface area contributed by atoms with Gasteiger partial charge in [-0.05, 0) is 60.3 Å². The van der Waals surface area contributed by atoms with E-state index in [0.29, 0.717) is 17.0 Å². The van der Waals surface area contributed by atoms with E-state index in [1.807, 2.05) is 32.0 Å². The molecule has 0 saturated heterocycles. The Morgan fingerprint density at radius 1 is 1.45 bits per heavy atom. The highest BCUT2D eigenvalue weighted by Crippen LogP contribution is 2.40. The quantitative estimate of drug-likeness (QED) is 0.788. The molecule has 1 atom stereocenters. The van der Waals surface area contributed by atoms with Crippen molar-refractivity contribution in [3.05, 3.63) is 34.1 Å². The molecule has 3 rings (SSSR count). The molecule has 1 aliphatic rings. The largest absolute Gasteiger partial charge is 0.416 e. The number of nitrogens with zero attached hydrogens (tertiary/aromatic N) is 2. The van der Waals surface area contributed by atoms with Gasteiger partial charge in [-0.25, -0.2) is 0 Å². The number of hydrogen-bond acceptors (Lipinski definition) is 5. The van der Waals surface area contributed by atoms with Gasteiger partial charge in [-0.1, -0.05) is 17.8 Å². The minimum absolute atomic E-state index is 0.0966. The molecule has 1 saturated carbocycles. The van der Waals surface area contributed by atoms with Gasteiger partial charge >= 0.3 is 0 Å². The number of aromatic nitrogens is 2. The summed E-state index contributed by atoms with van der Waals surface area (Å²) < 4.78 is 6.44. The first kappa shape index (κ1) is 15.6. The lowest BCUT2D eigenvalue weighted by atomic mass is 10.2. The summed E-state index contributed by atoms with van der Waals surface area (Å²) in [5, 5.41) is 11.1. The second-order valence-electron chi connectivity index (χ2n) is 5.41. The number of rotatable bonds is 5. The van der Waals surface area contributed by atoms with Crippen LogP contribution in [0.3, 0.4) is 0 Å². The number of carbonyl (C=O) groups is 1. The molecule has 0 bridgehead atoms. The molecule has 116 valence electrons. The van der Waals surface area contributed by atoms with E-state index in [9.17, 15) is 4.79 Å². The standard InChI is InChI=1S/C15H16BrN3O2S/c1-8-3-6-12(11(16)7-8)17-13(20)9(2)22-15-19-18-14(21-15)10-4-5-10/h3,6-7,9-10H,4-5H2,1-2H3,(H,17,20)/t9-/m0/s1. The summed E-state index contributed by atoms with van der Waals surface area (Å²) in [6.45, 7) is 3.82. The number of halogens is 1. The fourth-order valence-electron chi connectivity index (χ4n) is 1.92. The number of hydrogen-bond donors (Lipinski definition) is 1. The highest BCUT2D eigenvalue weighted by molar-refractivity contribution is 9.10. The zero-order valence-electron chi connectivity index (χ0n) is 12.3. The Kier molecular flexibility index (Phi) is 4.54. The highest BCUT2D eigenvalue weighted by atomic mass is 79.9. The Balaban J connectivity index is 1.60. The van der Waals surface area contributed by atoms with Crippen LogP contribution in [-0.4, -0.2) is 21.4 Å². The summed E-state index contributed by atoms with van der Waals surface area (Å²) in [6, 6.07) is 5.80. The van der Waals surface area contributed by atoms with Crippen LogP contribution < -0.4 is 5.32 Å². The fourth-order valence-corrected chi connectivity index (χ4v) is 3.21. The molecule has 7 heteroatoms. The fraction of sp³-hybridized carbons (Fsp3) is 0.400. The van der Waals surface area contributed by atoms with Crippen LogP contribution in [0, 0.1) is 6.92 Å². The molecule has 1 aliphatic carbocycles. The normalized spacial score (nSPS) is 15.6. The molecule has 1 N–H and O–H groups in total. The van der Waals surface area contributed by atoms with Gasteiger partial charge in [0.05, 0.1) is 10.9 Å². The van der Waals surface area contributed by atoms with E-state index < -0.39 is 0 Å². The molecular weight excluding hydrogens is 366 g/mol. The second kappa shape index (κ2) is 6.42. The first-order chi connectivity index (χ1) is 10.5. The van der Waals surface area contributed by atoms with Crippen molar-refractivity contribution in [1.29, 1.82) is 0 Å². The SMILES string of the molecule is Cc1ccc(NC(=O)[C@H](C)Sc2nnc(C3CC3)o2)c(Br)c1. The molecule has 0 spiro atoms. The van der Waals surface area contributed by atoms with Crippen molar-refractivity contribution < 1.29 is 9.21 Å². The van der Waals surface area contributed by atoms with Gasteiger partial charge in [0.1, 0.15) is 0 Å². The van der Waals surface area contributed by atoms with E-state index in [2.05, 4.69) is 31.4 Å². The van der Waals surface area contributed by atoms with Gasteiger partial charge in [0.15, 0.2) is 0 Å². The maximum atomic E-state index is 12.3. The maximum absolute atomic E-state index is 12.3. The Bertz CT molecular complexity index is 700. The predicted molar refractivity (Wildman–Crippen MR) is 89.1 cm³/mol. The third kappa shape index (κ3) is 3.70. The molecule has 1 heterocycles. The topological polar surface area (TPSA) is 68.0 Å². The third-order valence-electron chi connectivity index (χ3n) is 3.38. The Hall–Kier alpha value is -1.34. The summed E-state index contributed by atoms with van der Waals surface area (Å²) in [4.78, 5) is 12.3. The van der Waals surface area contributed by atoms with Crippen molar-refractivity contribution in [2.45, 2.75) is 43.1 Å². The number of thioether (sulfide) groups is 1. The molecule has 2 aromatic rings. The van der Waals surface area contributed by atoms with Crippen LogP contribution in [0.2, 0.25) is 0 Å². The monoisotopic (exact) mass is 381 g/mol. The third-order valence-corrected chi connectivity index (χ3v) is 4.97. The molecule has 1 aromatic carbocycles. The molecule has 1 fully saturated rings. The highest BCUT2D eigenvalue weighted by Gasteiger charge is 2.30. The van der Waals surface area contributed by atoms with Crippen molar-refractivity contribution in [3.63, 3.8) is 0 Å². The van der Waals surface area contributed by atoms with Gasteiger partial charge in [0.25, 0.3) is 5.22 Å². The summed E-state index contributed by atoms with van der Waals surface area (Å²) in [5.41, 5.74) is 1.89. The van der Waals surface area contributed by atoms with Crippen molar-refractivity contribution in [2.24, 2.45) is 0 Å². The predicted octanol–water partition coefficient (Wildman–Crippen LogP) is 4.14. The Morgan fingerprint density at radius 2 is 2.23 bits per heavy atom. The second-order valence-corrected chi connectivity index (χ2v) is 7.56. The molecule has 5 nitrogen and oxygen atoms in total. The van der Waals surface area contributed by atoms with E-state index in [1.165, 1.54) is 11.8 Å². The lowest BCUT2D eigenvalue weighted by molar-refractivity contribution is -0.115. The van der Waals surface area contributed by atoms with E-state index >= 15 is 0 Å². The smallest absolute Gasteiger partial charge is 0.277 e. The lowest BCUT2D eigenvalue weighted by Crippen LogP contribution is -2.22. The molecular formula is C15H16BrN3O2S. The van der Waals surface area contributed by atoms with Gasteiger partial charge in [0.2, 0.25) is 11.8 Å². The van der Waals surface area contributed by atoms with Crippen LogP contribution >= 0.6 is 27.7 Å². The van der Waals surface area contributed by atoms with Crippen LogP contribution in [0.25, 0.3) is 0 Å². The van der Waals surface area contributed by atoms with Crippen LogP contribution in [0.15, 0.2) is 32.3 Å². The van der Waals surface area contributed by atoms with Crippen LogP contribution in [0.5, 0.6) is 0 Å². The molecule has 0 radical (unpaired) electrons. The van der Waals surface area contributed by atoms with E-state index in [1.54, 1.807) is 0 Å². The minimum atomic E-state index is -0.319. The van der Waals surface area contributed by atoms with Crippen molar-refractivity contribution in [1.82, 2.24) is 10.2 Å². The molecule has 1 aromatic heterocycles. The van der Waals surface area contributed by atoms with Crippen LogP contribution in [0.4, 0.5) is 5.69 Å². The summed E-state index contributed by atoms with van der Waals surface area (Å²) in [7, 11) is 0. The summed E-state index contributed by atoms with van der Waals surface area (Å²) >= 11 is 4.73. The summed E-state index contributed by atoms with van der Waals surface area (Å²) in [6.07, 6.45) is 2.23. The van der Waals surface area contributed by atoms with Gasteiger partial charge in [-0.3, -0.25) is 4.79 Å². The summed E-state index contributed by atoms with van der Waals surface area (Å²) in [5.74, 6) is 1.02. The zero-order valence-corrected chi connectivity index (χ0v) is 14.7. The van der Waals surface area contributed by atoms with Crippen molar-refractivity contribution in [2.75, 3.05) is 5.32 Å². The van der Waals surface area contributed by atoms with E-state index in [-0.39, 0.29) is 11.2 Å². The van der Waals surface area contributed by atoms with Gasteiger partial charge < -0.3 is 9.73 Å². The number of aryl methyl sites for hydroxylation is 1. The minimum Gasteiger partial charge on any atom is -0.416 e. The van der Waals surface area contributed by atoms with Gasteiger partial charge in [-0.2, -0.15) is 0 Å². The molecule has 0 aliphatic heterocycles. The number of carbonyl (C=O) groups excluding carboxylic acids is 1. The Morgan fingerprint density at radius 3 is 2.91 bits per heavy atom. The average Bonchev–Trinajstić information content (AvgIpc) is 3.22. The zero-order chi connectivity index (χ0) is 15.7. The molecule has 1 amide bonds. The molecule has 22 heavy (non-hydrogen) atoms. The lowest BCUT2D eigenvalue weighted by Gasteiger charge is -2.11. The maximum Gasteiger partial charge on any atom is 0.277 e. The number of anilines is 1. The number of nitrogens with one attached hydrogen (secondary N) is 1. The van der Waals surface area contributed by atoms with Gasteiger partial charge in [0, 0.05) is 10.4 Å².